The number of rotatable bonds is 4. The van der Waals surface area contributed by atoms with E-state index in [4.69, 9.17) is 4.74 Å². The minimum absolute atomic E-state index is 0. The van der Waals surface area contributed by atoms with Crippen LogP contribution in [0.25, 0.3) is 0 Å². The van der Waals surface area contributed by atoms with Gasteiger partial charge in [0.05, 0.1) is 5.56 Å². The summed E-state index contributed by atoms with van der Waals surface area (Å²) in [4.78, 5) is 18.6. The van der Waals surface area contributed by atoms with Gasteiger partial charge in [-0.05, 0) is 18.6 Å². The number of amides is 1. The predicted molar refractivity (Wildman–Crippen MR) is 95.6 cm³/mol. The molecule has 24 heavy (non-hydrogen) atoms. The number of benzene rings is 1. The molecular formula is C18H22ClN3O2. The van der Waals surface area contributed by atoms with Crippen LogP contribution in [0.5, 0.6) is 5.88 Å². The number of ether oxygens (including phenoxy) is 1. The Labute approximate surface area is 148 Å². The number of carbonyl (C=O) groups excluding carboxylic acids is 1. The molecule has 1 N–H and O–H groups in total. The van der Waals surface area contributed by atoms with Crippen molar-refractivity contribution in [3.05, 3.63) is 59.8 Å². The Bertz CT molecular complexity index is 649. The molecule has 1 saturated heterocycles. The summed E-state index contributed by atoms with van der Waals surface area (Å²) in [5, 5.41) is 3.33. The highest BCUT2D eigenvalue weighted by atomic mass is 35.5. The first kappa shape index (κ1) is 18.2. The average molecular weight is 348 g/mol. The number of aromatic nitrogens is 1. The van der Waals surface area contributed by atoms with E-state index in [2.05, 4.69) is 17.2 Å². The molecule has 1 aromatic heterocycles. The van der Waals surface area contributed by atoms with Crippen molar-refractivity contribution in [2.75, 3.05) is 19.6 Å². The van der Waals surface area contributed by atoms with Crippen LogP contribution in [0.15, 0.2) is 48.7 Å². The maximum atomic E-state index is 12.5. The van der Waals surface area contributed by atoms with E-state index in [1.54, 1.807) is 18.3 Å². The van der Waals surface area contributed by atoms with E-state index in [1.165, 1.54) is 0 Å². The van der Waals surface area contributed by atoms with Gasteiger partial charge in [0.15, 0.2) is 0 Å². The number of nitrogens with zero attached hydrogens (tertiary/aromatic N) is 2. The van der Waals surface area contributed by atoms with Crippen LogP contribution in [0.1, 0.15) is 22.8 Å². The lowest BCUT2D eigenvalue weighted by Crippen LogP contribution is -2.51. The molecule has 5 nitrogen and oxygen atoms in total. The molecular weight excluding hydrogens is 326 g/mol. The number of carbonyl (C=O) groups is 1. The van der Waals surface area contributed by atoms with Crippen LogP contribution in [0.4, 0.5) is 0 Å². The highest BCUT2D eigenvalue weighted by Crippen LogP contribution is 2.13. The van der Waals surface area contributed by atoms with Gasteiger partial charge in [0, 0.05) is 37.9 Å². The molecule has 0 radical (unpaired) electrons. The minimum atomic E-state index is 0. The third-order valence-electron chi connectivity index (χ3n) is 3.87. The standard InChI is InChI=1S/C18H21N3O2.ClH/c1-14-12-21(10-9-19-14)18(22)16-7-8-17(20-11-16)23-13-15-5-3-2-4-6-15;/h2-8,11,14,19H,9-10,12-13H2,1H3;1H/t14-;/m1./s1. The molecule has 0 spiro atoms. The molecule has 1 amide bonds. The van der Waals surface area contributed by atoms with E-state index < -0.39 is 0 Å². The number of hydrogen-bond acceptors (Lipinski definition) is 4. The number of hydrogen-bond donors (Lipinski definition) is 1. The largest absolute Gasteiger partial charge is 0.473 e. The van der Waals surface area contributed by atoms with Crippen molar-refractivity contribution in [3.63, 3.8) is 0 Å². The molecule has 3 rings (SSSR count). The zero-order valence-corrected chi connectivity index (χ0v) is 14.5. The van der Waals surface area contributed by atoms with Crippen molar-refractivity contribution >= 4 is 18.3 Å². The van der Waals surface area contributed by atoms with Gasteiger partial charge in [-0.2, -0.15) is 0 Å². The fraction of sp³-hybridized carbons (Fsp3) is 0.333. The van der Waals surface area contributed by atoms with Crippen LogP contribution >= 0.6 is 12.4 Å². The van der Waals surface area contributed by atoms with Gasteiger partial charge in [0.1, 0.15) is 6.61 Å². The van der Waals surface area contributed by atoms with Gasteiger partial charge in [-0.3, -0.25) is 4.79 Å². The summed E-state index contributed by atoms with van der Waals surface area (Å²) in [5.74, 6) is 0.555. The second-order valence-corrected chi connectivity index (χ2v) is 5.77. The van der Waals surface area contributed by atoms with E-state index in [1.807, 2.05) is 35.2 Å². The van der Waals surface area contributed by atoms with Gasteiger partial charge in [0.2, 0.25) is 5.88 Å². The Balaban J connectivity index is 0.00000208. The van der Waals surface area contributed by atoms with Crippen LogP contribution in [-0.2, 0) is 6.61 Å². The first-order valence-corrected chi connectivity index (χ1v) is 7.88. The first-order valence-electron chi connectivity index (χ1n) is 7.88. The molecule has 0 saturated carbocycles. The lowest BCUT2D eigenvalue weighted by molar-refractivity contribution is 0.0708. The maximum Gasteiger partial charge on any atom is 0.255 e. The van der Waals surface area contributed by atoms with E-state index >= 15 is 0 Å². The third kappa shape index (κ3) is 4.69. The lowest BCUT2D eigenvalue weighted by atomic mass is 10.2. The van der Waals surface area contributed by atoms with E-state index in [0.717, 1.165) is 25.2 Å². The molecule has 1 atom stereocenters. The normalized spacial score (nSPS) is 17.0. The summed E-state index contributed by atoms with van der Waals surface area (Å²) in [7, 11) is 0. The van der Waals surface area contributed by atoms with Crippen LogP contribution in [0.2, 0.25) is 0 Å². The van der Waals surface area contributed by atoms with Crippen molar-refractivity contribution in [2.24, 2.45) is 0 Å². The molecule has 1 fully saturated rings. The molecule has 1 aliphatic heterocycles. The molecule has 1 aliphatic rings. The summed E-state index contributed by atoms with van der Waals surface area (Å²) in [6.07, 6.45) is 1.59. The van der Waals surface area contributed by atoms with Crippen LogP contribution in [0.3, 0.4) is 0 Å². The van der Waals surface area contributed by atoms with Crippen LogP contribution in [0, 0.1) is 0 Å². The Kier molecular flexibility index (Phi) is 6.58. The molecule has 0 aliphatic carbocycles. The summed E-state index contributed by atoms with van der Waals surface area (Å²) in [5.41, 5.74) is 1.69. The highest BCUT2D eigenvalue weighted by Gasteiger charge is 2.21. The van der Waals surface area contributed by atoms with Gasteiger partial charge < -0.3 is 15.0 Å². The van der Waals surface area contributed by atoms with Gasteiger partial charge in [-0.1, -0.05) is 30.3 Å². The zero-order chi connectivity index (χ0) is 16.1. The Morgan fingerprint density at radius 2 is 2.08 bits per heavy atom. The SMILES string of the molecule is C[C@@H]1CN(C(=O)c2ccc(OCc3ccccc3)nc2)CCN1.Cl. The number of halogens is 1. The monoisotopic (exact) mass is 347 g/mol. The number of piperazine rings is 1. The Morgan fingerprint density at radius 1 is 1.29 bits per heavy atom. The fourth-order valence-corrected chi connectivity index (χ4v) is 2.62. The fourth-order valence-electron chi connectivity index (χ4n) is 2.62. The quantitative estimate of drug-likeness (QED) is 0.923. The average Bonchev–Trinajstić information content (AvgIpc) is 2.61. The molecule has 0 bridgehead atoms. The zero-order valence-electron chi connectivity index (χ0n) is 13.6. The molecule has 2 aromatic rings. The maximum absolute atomic E-state index is 12.5. The molecule has 2 heterocycles. The van der Waals surface area contributed by atoms with Gasteiger partial charge in [-0.25, -0.2) is 4.98 Å². The molecule has 1 aromatic carbocycles. The summed E-state index contributed by atoms with van der Waals surface area (Å²) in [6, 6.07) is 13.8. The highest BCUT2D eigenvalue weighted by molar-refractivity contribution is 5.94. The van der Waals surface area contributed by atoms with E-state index in [-0.39, 0.29) is 18.3 Å². The first-order chi connectivity index (χ1) is 11.2. The van der Waals surface area contributed by atoms with Crippen molar-refractivity contribution in [2.45, 2.75) is 19.6 Å². The summed E-state index contributed by atoms with van der Waals surface area (Å²) in [6.45, 7) is 4.84. The minimum Gasteiger partial charge on any atom is -0.473 e. The van der Waals surface area contributed by atoms with Gasteiger partial charge in [0.25, 0.3) is 5.91 Å². The molecule has 128 valence electrons. The predicted octanol–water partition coefficient (Wildman–Crippen LogP) is 2.52. The smallest absolute Gasteiger partial charge is 0.255 e. The molecule has 6 heteroatoms. The van der Waals surface area contributed by atoms with Crippen LogP contribution < -0.4 is 10.1 Å². The molecule has 0 unspecified atom stereocenters. The summed E-state index contributed by atoms with van der Waals surface area (Å²) >= 11 is 0. The summed E-state index contributed by atoms with van der Waals surface area (Å²) < 4.78 is 5.64. The Hall–Kier alpha value is -2.11. The van der Waals surface area contributed by atoms with E-state index in [9.17, 15) is 4.79 Å². The third-order valence-corrected chi connectivity index (χ3v) is 3.87. The topological polar surface area (TPSA) is 54.5 Å². The van der Waals surface area contributed by atoms with Gasteiger partial charge >= 0.3 is 0 Å². The number of pyridine rings is 1. The lowest BCUT2D eigenvalue weighted by Gasteiger charge is -2.31. The second-order valence-electron chi connectivity index (χ2n) is 5.77. The van der Waals surface area contributed by atoms with Crippen LogP contribution in [-0.4, -0.2) is 41.5 Å². The Morgan fingerprint density at radius 3 is 2.75 bits per heavy atom. The van der Waals surface area contributed by atoms with Crippen molar-refractivity contribution in [1.29, 1.82) is 0 Å². The number of nitrogens with one attached hydrogen (secondary N) is 1. The second kappa shape index (κ2) is 8.66. The van der Waals surface area contributed by atoms with Crippen molar-refractivity contribution < 1.29 is 9.53 Å². The van der Waals surface area contributed by atoms with Crippen molar-refractivity contribution in [1.82, 2.24) is 15.2 Å². The van der Waals surface area contributed by atoms with Crippen molar-refractivity contribution in [3.8, 4) is 5.88 Å². The van der Waals surface area contributed by atoms with E-state index in [0.29, 0.717) is 24.1 Å². The van der Waals surface area contributed by atoms with Gasteiger partial charge in [-0.15, -0.1) is 12.4 Å².